The molecule has 2 aromatic carbocycles. The fourth-order valence-corrected chi connectivity index (χ4v) is 3.22. The van der Waals surface area contributed by atoms with E-state index < -0.39 is 17.3 Å². The van der Waals surface area contributed by atoms with Crippen LogP contribution >= 0.6 is 0 Å². The first kappa shape index (κ1) is 16.5. The van der Waals surface area contributed by atoms with Gasteiger partial charge < -0.3 is 15.2 Å². The molecule has 1 amide bonds. The highest BCUT2D eigenvalue weighted by molar-refractivity contribution is 5.94. The van der Waals surface area contributed by atoms with E-state index in [1.807, 2.05) is 24.3 Å². The number of methoxy groups -OCH3 is 1. The van der Waals surface area contributed by atoms with Crippen molar-refractivity contribution in [1.29, 1.82) is 0 Å². The summed E-state index contributed by atoms with van der Waals surface area (Å²) in [4.78, 5) is 12.3. The Balaban J connectivity index is 1.74. The molecule has 2 aromatic rings. The summed E-state index contributed by atoms with van der Waals surface area (Å²) in [7, 11) is 1.37. The molecule has 0 aliphatic heterocycles. The lowest BCUT2D eigenvalue weighted by molar-refractivity contribution is 0.0189. The van der Waals surface area contributed by atoms with E-state index in [1.165, 1.54) is 19.2 Å². The normalized spacial score (nSPS) is 19.5. The molecular weight excluding hydrogens is 309 g/mol. The summed E-state index contributed by atoms with van der Waals surface area (Å²) >= 11 is 0. The predicted molar refractivity (Wildman–Crippen MR) is 88.6 cm³/mol. The average Bonchev–Trinajstić information content (AvgIpc) is 2.60. The summed E-state index contributed by atoms with van der Waals surface area (Å²) < 4.78 is 18.6. The van der Waals surface area contributed by atoms with Gasteiger partial charge in [0.2, 0.25) is 0 Å². The minimum absolute atomic E-state index is 0.0892. The quantitative estimate of drug-likeness (QED) is 0.907. The van der Waals surface area contributed by atoms with Gasteiger partial charge in [-0.1, -0.05) is 24.3 Å². The molecule has 24 heavy (non-hydrogen) atoms. The van der Waals surface area contributed by atoms with Crippen molar-refractivity contribution in [2.45, 2.75) is 24.9 Å². The minimum Gasteiger partial charge on any atom is -0.494 e. The Hall–Kier alpha value is -2.40. The van der Waals surface area contributed by atoms with Crippen molar-refractivity contribution >= 4 is 5.91 Å². The number of rotatable bonds is 4. The van der Waals surface area contributed by atoms with Gasteiger partial charge in [0.1, 0.15) is 5.60 Å². The van der Waals surface area contributed by atoms with E-state index in [9.17, 15) is 14.3 Å². The molecule has 1 atom stereocenters. The summed E-state index contributed by atoms with van der Waals surface area (Å²) in [5.74, 6) is -0.925. The maximum Gasteiger partial charge on any atom is 0.251 e. The Bertz CT molecular complexity index is 762. The van der Waals surface area contributed by atoms with Gasteiger partial charge in [0.15, 0.2) is 11.6 Å². The zero-order chi connectivity index (χ0) is 17.2. The highest BCUT2D eigenvalue weighted by atomic mass is 19.1. The van der Waals surface area contributed by atoms with Crippen LogP contribution in [0, 0.1) is 5.82 Å². The monoisotopic (exact) mass is 329 g/mol. The van der Waals surface area contributed by atoms with Gasteiger partial charge in [0, 0.05) is 5.56 Å². The van der Waals surface area contributed by atoms with Gasteiger partial charge in [-0.25, -0.2) is 4.39 Å². The zero-order valence-electron chi connectivity index (χ0n) is 13.5. The van der Waals surface area contributed by atoms with Crippen LogP contribution in [0.25, 0.3) is 0 Å². The number of nitrogens with one attached hydrogen (secondary N) is 1. The van der Waals surface area contributed by atoms with Crippen LogP contribution in [0.1, 0.15) is 34.3 Å². The lowest BCUT2D eigenvalue weighted by Gasteiger charge is -2.34. The lowest BCUT2D eigenvalue weighted by Crippen LogP contribution is -2.43. The molecule has 3 rings (SSSR count). The van der Waals surface area contributed by atoms with Crippen LogP contribution in [-0.2, 0) is 12.0 Å². The second-order valence-electron chi connectivity index (χ2n) is 6.07. The third-order valence-electron chi connectivity index (χ3n) is 4.51. The lowest BCUT2D eigenvalue weighted by atomic mass is 9.79. The molecule has 0 aromatic heterocycles. The third kappa shape index (κ3) is 3.12. The molecule has 0 heterocycles. The number of carbonyl (C=O) groups is 1. The number of carbonyl (C=O) groups excluding carboxylic acids is 1. The van der Waals surface area contributed by atoms with Gasteiger partial charge in [-0.15, -0.1) is 0 Å². The fourth-order valence-electron chi connectivity index (χ4n) is 3.22. The summed E-state index contributed by atoms with van der Waals surface area (Å²) in [6.07, 6.45) is 2.37. The third-order valence-corrected chi connectivity index (χ3v) is 4.51. The number of hydrogen-bond acceptors (Lipinski definition) is 3. The van der Waals surface area contributed by atoms with Crippen LogP contribution < -0.4 is 10.1 Å². The Morgan fingerprint density at radius 1 is 1.33 bits per heavy atom. The predicted octanol–water partition coefficient (Wildman–Crippen LogP) is 2.79. The Morgan fingerprint density at radius 2 is 2.12 bits per heavy atom. The molecule has 5 heteroatoms. The second kappa shape index (κ2) is 6.61. The van der Waals surface area contributed by atoms with Crippen LogP contribution in [-0.4, -0.2) is 24.7 Å². The van der Waals surface area contributed by atoms with Crippen molar-refractivity contribution in [1.82, 2.24) is 5.32 Å². The number of ether oxygens (including phenoxy) is 1. The first-order valence-electron chi connectivity index (χ1n) is 7.96. The van der Waals surface area contributed by atoms with Gasteiger partial charge in [-0.05, 0) is 48.6 Å². The second-order valence-corrected chi connectivity index (χ2v) is 6.07. The number of benzene rings is 2. The molecular formula is C19H20FNO3. The number of hydrogen-bond donors (Lipinski definition) is 2. The molecule has 0 radical (unpaired) electrons. The molecule has 0 saturated carbocycles. The highest BCUT2D eigenvalue weighted by Gasteiger charge is 2.34. The molecule has 0 fully saturated rings. The van der Waals surface area contributed by atoms with Crippen molar-refractivity contribution in [2.75, 3.05) is 13.7 Å². The van der Waals surface area contributed by atoms with E-state index in [1.54, 1.807) is 0 Å². The van der Waals surface area contributed by atoms with Crippen LogP contribution in [0.3, 0.4) is 0 Å². The van der Waals surface area contributed by atoms with Crippen LogP contribution in [0.5, 0.6) is 5.75 Å². The van der Waals surface area contributed by atoms with Crippen molar-refractivity contribution in [2.24, 2.45) is 0 Å². The first-order valence-corrected chi connectivity index (χ1v) is 7.96. The van der Waals surface area contributed by atoms with Gasteiger partial charge in [-0.3, -0.25) is 4.79 Å². The standard InChI is InChI=1S/C19H20FNO3/c1-24-17-9-8-14(11-16(17)20)18(22)21-12-19(23)10-4-6-13-5-2-3-7-15(13)19/h2-3,5,7-9,11,23H,4,6,10,12H2,1H3,(H,21,22). The maximum absolute atomic E-state index is 13.7. The Morgan fingerprint density at radius 3 is 2.88 bits per heavy atom. The van der Waals surface area contributed by atoms with Crippen LogP contribution in [0.4, 0.5) is 4.39 Å². The van der Waals surface area contributed by atoms with E-state index in [4.69, 9.17) is 4.74 Å². The SMILES string of the molecule is COc1ccc(C(=O)NCC2(O)CCCc3ccccc32)cc1F. The minimum atomic E-state index is -1.09. The molecule has 126 valence electrons. The van der Waals surface area contributed by atoms with Crippen LogP contribution in [0.2, 0.25) is 0 Å². The van der Waals surface area contributed by atoms with Crippen LogP contribution in [0.15, 0.2) is 42.5 Å². The van der Waals surface area contributed by atoms with Crippen molar-refractivity contribution in [3.05, 3.63) is 65.0 Å². The fraction of sp³-hybridized carbons (Fsp3) is 0.316. The Kier molecular flexibility index (Phi) is 4.53. The maximum atomic E-state index is 13.7. The number of amides is 1. The van der Waals surface area contributed by atoms with Crippen molar-refractivity contribution in [3.8, 4) is 5.75 Å². The average molecular weight is 329 g/mol. The number of aryl methyl sites for hydroxylation is 1. The van der Waals surface area contributed by atoms with E-state index in [0.717, 1.165) is 30.0 Å². The number of aliphatic hydroxyl groups is 1. The molecule has 0 saturated heterocycles. The zero-order valence-corrected chi connectivity index (χ0v) is 13.5. The molecule has 2 N–H and O–H groups in total. The summed E-state index contributed by atoms with van der Waals surface area (Å²) in [6, 6.07) is 11.8. The topological polar surface area (TPSA) is 58.6 Å². The summed E-state index contributed by atoms with van der Waals surface area (Å²) in [6.45, 7) is 0.0937. The molecule has 4 nitrogen and oxygen atoms in total. The smallest absolute Gasteiger partial charge is 0.251 e. The highest BCUT2D eigenvalue weighted by Crippen LogP contribution is 2.34. The van der Waals surface area contributed by atoms with Crippen molar-refractivity contribution in [3.63, 3.8) is 0 Å². The molecule has 1 aliphatic carbocycles. The van der Waals surface area contributed by atoms with Crippen molar-refractivity contribution < 1.29 is 19.0 Å². The van der Waals surface area contributed by atoms with Gasteiger partial charge in [0.05, 0.1) is 13.7 Å². The largest absolute Gasteiger partial charge is 0.494 e. The molecule has 0 bridgehead atoms. The summed E-state index contributed by atoms with van der Waals surface area (Å²) in [5, 5.41) is 13.7. The Labute approximate surface area is 140 Å². The van der Waals surface area contributed by atoms with Gasteiger partial charge in [-0.2, -0.15) is 0 Å². The first-order chi connectivity index (χ1) is 11.5. The van der Waals surface area contributed by atoms with E-state index in [-0.39, 0.29) is 17.9 Å². The van der Waals surface area contributed by atoms with E-state index in [0.29, 0.717) is 6.42 Å². The number of fused-ring (bicyclic) bond motifs is 1. The van der Waals surface area contributed by atoms with Gasteiger partial charge in [0.25, 0.3) is 5.91 Å². The van der Waals surface area contributed by atoms with Gasteiger partial charge >= 0.3 is 0 Å². The number of halogens is 1. The van der Waals surface area contributed by atoms with E-state index in [2.05, 4.69) is 5.32 Å². The van der Waals surface area contributed by atoms with E-state index >= 15 is 0 Å². The molecule has 1 aliphatic rings. The summed E-state index contributed by atoms with van der Waals surface area (Å²) in [5.41, 5.74) is 1.07. The molecule has 1 unspecified atom stereocenters. The molecule has 0 spiro atoms.